The van der Waals surface area contributed by atoms with Crippen LogP contribution in [0.5, 0.6) is 0 Å². The van der Waals surface area contributed by atoms with Crippen LogP contribution in [0.4, 0.5) is 0 Å². The number of azo groups is 1. The highest BCUT2D eigenvalue weighted by molar-refractivity contribution is 5.08. The Kier molecular flexibility index (Phi) is 3.93. The first-order valence-corrected chi connectivity index (χ1v) is 6.68. The molecule has 0 aromatic carbocycles. The Morgan fingerprint density at radius 1 is 0.938 bits per heavy atom. The van der Waals surface area contributed by atoms with Crippen molar-refractivity contribution in [3.05, 3.63) is 0 Å². The van der Waals surface area contributed by atoms with Crippen LogP contribution in [0.3, 0.4) is 0 Å². The molecule has 3 nitrogen and oxygen atoms in total. The first kappa shape index (κ1) is 11.6. The largest absolute Gasteiger partial charge is 0.196 e. The van der Waals surface area contributed by atoms with E-state index in [9.17, 15) is 5.26 Å². The van der Waals surface area contributed by atoms with Crippen LogP contribution in [-0.4, -0.2) is 11.6 Å². The standard InChI is InChI=1S/C13H21N3/c14-11-13(9-5-2-6-10-13)16-15-12-7-3-1-4-8-12/h12H,1-10H2. The van der Waals surface area contributed by atoms with Crippen molar-refractivity contribution in [3.8, 4) is 6.07 Å². The van der Waals surface area contributed by atoms with Crippen LogP contribution in [0.2, 0.25) is 0 Å². The molecule has 16 heavy (non-hydrogen) atoms. The van der Waals surface area contributed by atoms with Gasteiger partial charge >= 0.3 is 0 Å². The van der Waals surface area contributed by atoms with Crippen LogP contribution in [0.25, 0.3) is 0 Å². The minimum absolute atomic E-state index is 0.404. The Labute approximate surface area is 97.9 Å². The molecule has 0 atom stereocenters. The van der Waals surface area contributed by atoms with E-state index in [1.165, 1.54) is 38.5 Å². The summed E-state index contributed by atoms with van der Waals surface area (Å²) in [5.41, 5.74) is -0.463. The zero-order valence-corrected chi connectivity index (χ0v) is 9.99. The van der Waals surface area contributed by atoms with E-state index >= 15 is 0 Å². The molecule has 2 aliphatic carbocycles. The Bertz CT molecular complexity index is 278. The molecule has 0 unspecified atom stereocenters. The topological polar surface area (TPSA) is 48.5 Å². The zero-order valence-electron chi connectivity index (χ0n) is 9.99. The normalized spacial score (nSPS) is 26.7. The van der Waals surface area contributed by atoms with Gasteiger partial charge in [0.25, 0.3) is 0 Å². The molecular formula is C13H21N3. The smallest absolute Gasteiger partial charge is 0.167 e. The molecule has 0 N–H and O–H groups in total. The summed E-state index contributed by atoms with van der Waals surface area (Å²) in [5, 5.41) is 18.1. The van der Waals surface area contributed by atoms with Gasteiger partial charge in [-0.3, -0.25) is 0 Å². The third-order valence-corrected chi connectivity index (χ3v) is 3.88. The van der Waals surface area contributed by atoms with Gasteiger partial charge in [0, 0.05) is 0 Å². The lowest BCUT2D eigenvalue weighted by Crippen LogP contribution is -2.27. The summed E-state index contributed by atoms with van der Waals surface area (Å²) < 4.78 is 0. The van der Waals surface area contributed by atoms with Crippen LogP contribution >= 0.6 is 0 Å². The van der Waals surface area contributed by atoms with Crippen LogP contribution in [0.1, 0.15) is 64.2 Å². The van der Waals surface area contributed by atoms with Gasteiger partial charge in [0.1, 0.15) is 0 Å². The molecule has 0 amide bonds. The van der Waals surface area contributed by atoms with E-state index in [1.54, 1.807) is 0 Å². The maximum Gasteiger partial charge on any atom is 0.167 e. The summed E-state index contributed by atoms with van der Waals surface area (Å²) in [6, 6.07) is 2.80. The van der Waals surface area contributed by atoms with E-state index in [0.717, 1.165) is 25.7 Å². The molecule has 88 valence electrons. The number of hydrogen-bond acceptors (Lipinski definition) is 3. The van der Waals surface area contributed by atoms with Gasteiger partial charge < -0.3 is 0 Å². The van der Waals surface area contributed by atoms with Gasteiger partial charge in [0.2, 0.25) is 0 Å². The van der Waals surface area contributed by atoms with Crippen molar-refractivity contribution in [2.24, 2.45) is 10.2 Å². The highest BCUT2D eigenvalue weighted by Gasteiger charge is 2.32. The van der Waals surface area contributed by atoms with E-state index in [-0.39, 0.29) is 0 Å². The van der Waals surface area contributed by atoms with Crippen molar-refractivity contribution >= 4 is 0 Å². The number of nitriles is 1. The van der Waals surface area contributed by atoms with Crippen LogP contribution in [0, 0.1) is 11.3 Å². The van der Waals surface area contributed by atoms with Gasteiger partial charge in [-0.1, -0.05) is 25.7 Å². The van der Waals surface area contributed by atoms with Crippen molar-refractivity contribution < 1.29 is 0 Å². The van der Waals surface area contributed by atoms with E-state index in [2.05, 4.69) is 16.3 Å². The molecule has 0 aliphatic heterocycles. The summed E-state index contributed by atoms with van der Waals surface area (Å²) in [7, 11) is 0. The molecule has 2 rings (SSSR count). The molecule has 0 saturated heterocycles. The summed E-state index contributed by atoms with van der Waals surface area (Å²) in [6.07, 6.45) is 11.6. The van der Waals surface area contributed by atoms with Gasteiger partial charge in [-0.2, -0.15) is 15.5 Å². The van der Waals surface area contributed by atoms with Gasteiger partial charge in [-0.25, -0.2) is 0 Å². The van der Waals surface area contributed by atoms with Crippen LogP contribution in [-0.2, 0) is 0 Å². The molecule has 2 fully saturated rings. The number of hydrogen-bond donors (Lipinski definition) is 0. The van der Waals surface area contributed by atoms with Crippen molar-refractivity contribution in [1.29, 1.82) is 5.26 Å². The summed E-state index contributed by atoms with van der Waals surface area (Å²) in [4.78, 5) is 0. The van der Waals surface area contributed by atoms with E-state index in [0.29, 0.717) is 6.04 Å². The second-order valence-electron chi connectivity index (χ2n) is 5.21. The molecule has 0 bridgehead atoms. The third-order valence-electron chi connectivity index (χ3n) is 3.88. The summed E-state index contributed by atoms with van der Waals surface area (Å²) >= 11 is 0. The van der Waals surface area contributed by atoms with E-state index < -0.39 is 5.54 Å². The quantitative estimate of drug-likeness (QED) is 0.647. The molecule has 0 heterocycles. The molecule has 0 aromatic heterocycles. The van der Waals surface area contributed by atoms with Crippen LogP contribution in [0.15, 0.2) is 10.2 Å². The van der Waals surface area contributed by atoms with Gasteiger partial charge in [0.15, 0.2) is 5.54 Å². The fraction of sp³-hybridized carbons (Fsp3) is 0.923. The predicted molar refractivity (Wildman–Crippen MR) is 63.2 cm³/mol. The van der Waals surface area contributed by atoms with Crippen molar-refractivity contribution in [1.82, 2.24) is 0 Å². The monoisotopic (exact) mass is 219 g/mol. The first-order valence-electron chi connectivity index (χ1n) is 6.68. The fourth-order valence-corrected chi connectivity index (χ4v) is 2.76. The molecule has 0 spiro atoms. The minimum atomic E-state index is -0.463. The fourth-order valence-electron chi connectivity index (χ4n) is 2.76. The second-order valence-corrected chi connectivity index (χ2v) is 5.21. The van der Waals surface area contributed by atoms with Gasteiger partial charge in [-0.05, 0) is 38.5 Å². The van der Waals surface area contributed by atoms with Crippen molar-refractivity contribution in [2.45, 2.75) is 75.8 Å². The highest BCUT2D eigenvalue weighted by atomic mass is 15.2. The Morgan fingerprint density at radius 2 is 1.56 bits per heavy atom. The number of nitrogens with zero attached hydrogens (tertiary/aromatic N) is 3. The third kappa shape index (κ3) is 2.81. The first-order chi connectivity index (χ1) is 7.85. The SMILES string of the molecule is N#CC1(N=NC2CCCCC2)CCCCC1. The summed E-state index contributed by atoms with van der Waals surface area (Å²) in [6.45, 7) is 0. The molecule has 0 aromatic rings. The van der Waals surface area contributed by atoms with E-state index in [1.807, 2.05) is 0 Å². The molecule has 2 aliphatic rings. The second kappa shape index (κ2) is 5.43. The lowest BCUT2D eigenvalue weighted by Gasteiger charge is -2.26. The average molecular weight is 219 g/mol. The van der Waals surface area contributed by atoms with Crippen molar-refractivity contribution in [3.63, 3.8) is 0 Å². The Balaban J connectivity index is 1.94. The Hall–Kier alpha value is -0.910. The molecular weight excluding hydrogens is 198 g/mol. The predicted octanol–water partition coefficient (Wildman–Crippen LogP) is 4.00. The number of rotatable bonds is 2. The highest BCUT2D eigenvalue weighted by Crippen LogP contribution is 2.32. The summed E-state index contributed by atoms with van der Waals surface area (Å²) in [5.74, 6) is 0. The molecule has 3 heteroatoms. The van der Waals surface area contributed by atoms with E-state index in [4.69, 9.17) is 0 Å². The molecule has 0 radical (unpaired) electrons. The minimum Gasteiger partial charge on any atom is -0.196 e. The van der Waals surface area contributed by atoms with Gasteiger partial charge in [-0.15, -0.1) is 0 Å². The van der Waals surface area contributed by atoms with Crippen LogP contribution < -0.4 is 0 Å². The van der Waals surface area contributed by atoms with Crippen molar-refractivity contribution in [2.75, 3.05) is 0 Å². The Morgan fingerprint density at radius 3 is 2.19 bits per heavy atom. The van der Waals surface area contributed by atoms with Gasteiger partial charge in [0.05, 0.1) is 12.1 Å². The lowest BCUT2D eigenvalue weighted by atomic mass is 9.84. The average Bonchev–Trinajstić information content (AvgIpc) is 2.39. The maximum absolute atomic E-state index is 9.27. The lowest BCUT2D eigenvalue weighted by molar-refractivity contribution is 0.337. The molecule has 2 saturated carbocycles. The zero-order chi connectivity index (χ0) is 11.3. The maximum atomic E-state index is 9.27.